The van der Waals surface area contributed by atoms with Crippen molar-refractivity contribution in [3.63, 3.8) is 0 Å². The van der Waals surface area contributed by atoms with Crippen molar-refractivity contribution >= 4 is 23.8 Å². The van der Waals surface area contributed by atoms with Crippen molar-refractivity contribution in [2.45, 2.75) is 51.5 Å². The summed E-state index contributed by atoms with van der Waals surface area (Å²) in [6.45, 7) is 2.82. The average Bonchev–Trinajstić information content (AvgIpc) is 2.46. The molecule has 0 rings (SSSR count). The van der Waals surface area contributed by atoms with Crippen LogP contribution in [0.15, 0.2) is 0 Å². The molecule has 0 heterocycles. The first kappa shape index (κ1) is 19.1. The van der Waals surface area contributed by atoms with Gasteiger partial charge in [-0.3, -0.25) is 0 Å². The Morgan fingerprint density at radius 3 is 2.50 bits per heavy atom. The van der Waals surface area contributed by atoms with Gasteiger partial charge in [-0.1, -0.05) is 32.6 Å². The molecule has 0 spiro atoms. The lowest BCUT2D eigenvalue weighted by molar-refractivity contribution is -0.142. The monoisotopic (exact) mass is 304 g/mol. The molecule has 5 nitrogen and oxygen atoms in total. The van der Waals surface area contributed by atoms with Crippen LogP contribution in [0.3, 0.4) is 0 Å². The largest absolute Gasteiger partial charge is 0.467 e. The fourth-order valence-electron chi connectivity index (χ4n) is 1.77. The normalized spacial score (nSPS) is 11.8. The molecule has 1 unspecified atom stereocenters. The predicted molar refractivity (Wildman–Crippen MR) is 84.1 cm³/mol. The Morgan fingerprint density at radius 2 is 1.90 bits per heavy atom. The van der Waals surface area contributed by atoms with Gasteiger partial charge in [0.25, 0.3) is 0 Å². The minimum atomic E-state index is -0.562. The summed E-state index contributed by atoms with van der Waals surface area (Å²) in [5, 5.41) is 5.45. The van der Waals surface area contributed by atoms with Crippen LogP contribution in [0.2, 0.25) is 0 Å². The molecule has 0 saturated carbocycles. The van der Waals surface area contributed by atoms with Crippen LogP contribution in [0.4, 0.5) is 4.79 Å². The number of carbonyl (C=O) groups is 2. The highest BCUT2D eigenvalue weighted by Crippen LogP contribution is 2.03. The fourth-order valence-corrected chi connectivity index (χ4v) is 2.24. The Morgan fingerprint density at radius 1 is 1.20 bits per heavy atom. The second-order valence-electron chi connectivity index (χ2n) is 4.67. The third-order valence-electron chi connectivity index (χ3n) is 2.97. The van der Waals surface area contributed by atoms with Crippen molar-refractivity contribution in [3.8, 4) is 0 Å². The number of nitrogens with one attached hydrogen (secondary N) is 2. The molecule has 6 heteroatoms. The van der Waals surface area contributed by atoms with Crippen LogP contribution in [0.25, 0.3) is 0 Å². The number of rotatable bonds is 11. The van der Waals surface area contributed by atoms with E-state index in [1.807, 2.05) is 6.26 Å². The Labute approximate surface area is 126 Å². The maximum Gasteiger partial charge on any atom is 0.328 e. The Balaban J connectivity index is 3.85. The molecular formula is C14H28N2O3S. The topological polar surface area (TPSA) is 67.4 Å². The van der Waals surface area contributed by atoms with Crippen molar-refractivity contribution in [1.29, 1.82) is 0 Å². The molecule has 20 heavy (non-hydrogen) atoms. The molecule has 0 aliphatic rings. The Hall–Kier alpha value is -0.910. The zero-order valence-corrected chi connectivity index (χ0v) is 13.7. The van der Waals surface area contributed by atoms with Gasteiger partial charge in [0.15, 0.2) is 0 Å². The third-order valence-corrected chi connectivity index (χ3v) is 3.61. The molecule has 0 aliphatic heterocycles. The van der Waals surface area contributed by atoms with E-state index in [1.165, 1.54) is 26.4 Å². The summed E-state index contributed by atoms with van der Waals surface area (Å²) in [6, 6.07) is -0.857. The van der Waals surface area contributed by atoms with Crippen molar-refractivity contribution < 1.29 is 14.3 Å². The number of hydrogen-bond donors (Lipinski definition) is 2. The third kappa shape index (κ3) is 9.95. The first-order valence-electron chi connectivity index (χ1n) is 7.26. The number of hydrogen-bond acceptors (Lipinski definition) is 4. The highest BCUT2D eigenvalue weighted by Gasteiger charge is 2.20. The molecule has 0 bridgehead atoms. The summed E-state index contributed by atoms with van der Waals surface area (Å²) < 4.78 is 4.69. The van der Waals surface area contributed by atoms with Crippen LogP contribution in [0.1, 0.15) is 45.4 Å². The molecule has 0 aromatic carbocycles. The molecule has 118 valence electrons. The molecular weight excluding hydrogens is 276 g/mol. The van der Waals surface area contributed by atoms with Gasteiger partial charge in [-0.15, -0.1) is 0 Å². The summed E-state index contributed by atoms with van der Waals surface area (Å²) >= 11 is 1.63. The molecule has 0 aromatic heterocycles. The van der Waals surface area contributed by atoms with E-state index in [2.05, 4.69) is 22.3 Å². The molecule has 0 aromatic rings. The number of unbranched alkanes of at least 4 members (excludes halogenated alkanes) is 4. The number of thioether (sulfide) groups is 1. The number of methoxy groups -OCH3 is 1. The van der Waals surface area contributed by atoms with E-state index >= 15 is 0 Å². The van der Waals surface area contributed by atoms with Gasteiger partial charge in [-0.05, 0) is 24.9 Å². The first-order chi connectivity index (χ1) is 9.65. The highest BCUT2D eigenvalue weighted by atomic mass is 32.2. The quantitative estimate of drug-likeness (QED) is 0.455. The van der Waals surface area contributed by atoms with Gasteiger partial charge in [-0.25, -0.2) is 9.59 Å². The number of urea groups is 1. The lowest BCUT2D eigenvalue weighted by Crippen LogP contribution is -2.46. The first-order valence-corrected chi connectivity index (χ1v) is 8.66. The van der Waals surface area contributed by atoms with E-state index in [0.29, 0.717) is 13.0 Å². The van der Waals surface area contributed by atoms with Crippen molar-refractivity contribution in [1.82, 2.24) is 10.6 Å². The van der Waals surface area contributed by atoms with Crippen LogP contribution >= 0.6 is 11.8 Å². The van der Waals surface area contributed by atoms with Gasteiger partial charge in [-0.2, -0.15) is 11.8 Å². The van der Waals surface area contributed by atoms with Crippen LogP contribution in [-0.4, -0.2) is 43.7 Å². The number of carbonyl (C=O) groups excluding carboxylic acids is 2. The van der Waals surface area contributed by atoms with E-state index in [0.717, 1.165) is 18.6 Å². The van der Waals surface area contributed by atoms with Gasteiger partial charge >= 0.3 is 12.0 Å². The van der Waals surface area contributed by atoms with Crippen LogP contribution < -0.4 is 10.6 Å². The fraction of sp³-hybridized carbons (Fsp3) is 0.857. The van der Waals surface area contributed by atoms with Crippen molar-refractivity contribution in [2.75, 3.05) is 25.7 Å². The molecule has 1 atom stereocenters. The zero-order valence-electron chi connectivity index (χ0n) is 12.9. The number of esters is 1. The van der Waals surface area contributed by atoms with Gasteiger partial charge in [0.2, 0.25) is 0 Å². The van der Waals surface area contributed by atoms with E-state index < -0.39 is 12.0 Å². The van der Waals surface area contributed by atoms with E-state index in [-0.39, 0.29) is 6.03 Å². The van der Waals surface area contributed by atoms with Crippen LogP contribution in [0.5, 0.6) is 0 Å². The number of amides is 2. The number of ether oxygens (including phenoxy) is 1. The zero-order chi connectivity index (χ0) is 15.2. The molecule has 2 amide bonds. The second kappa shape index (κ2) is 13.1. The predicted octanol–water partition coefficient (Wildman–Crippen LogP) is 2.55. The summed E-state index contributed by atoms with van der Waals surface area (Å²) in [4.78, 5) is 23.2. The van der Waals surface area contributed by atoms with Crippen molar-refractivity contribution in [2.24, 2.45) is 0 Å². The van der Waals surface area contributed by atoms with Crippen molar-refractivity contribution in [3.05, 3.63) is 0 Å². The lowest BCUT2D eigenvalue weighted by Gasteiger charge is -2.16. The van der Waals surface area contributed by atoms with E-state index in [4.69, 9.17) is 0 Å². The maximum atomic E-state index is 11.7. The van der Waals surface area contributed by atoms with Gasteiger partial charge in [0.1, 0.15) is 6.04 Å². The minimum Gasteiger partial charge on any atom is -0.467 e. The smallest absolute Gasteiger partial charge is 0.328 e. The summed E-state index contributed by atoms with van der Waals surface area (Å²) in [7, 11) is 1.34. The molecule has 0 aliphatic carbocycles. The SMILES string of the molecule is CCCCCCCNC(=O)NC(CCSC)C(=O)OC. The summed E-state index contributed by atoms with van der Waals surface area (Å²) in [5.74, 6) is 0.411. The lowest BCUT2D eigenvalue weighted by atomic mass is 10.1. The Kier molecular flexibility index (Phi) is 12.5. The van der Waals surface area contributed by atoms with Gasteiger partial charge < -0.3 is 15.4 Å². The Bertz CT molecular complexity index is 275. The van der Waals surface area contributed by atoms with Crippen LogP contribution in [0, 0.1) is 0 Å². The van der Waals surface area contributed by atoms with E-state index in [1.54, 1.807) is 11.8 Å². The van der Waals surface area contributed by atoms with Gasteiger partial charge in [0.05, 0.1) is 7.11 Å². The van der Waals surface area contributed by atoms with Crippen LogP contribution in [-0.2, 0) is 9.53 Å². The molecule has 0 saturated heterocycles. The molecule has 2 N–H and O–H groups in total. The summed E-state index contributed by atoms with van der Waals surface area (Å²) in [6.07, 6.45) is 8.30. The summed E-state index contributed by atoms with van der Waals surface area (Å²) in [5.41, 5.74) is 0. The van der Waals surface area contributed by atoms with E-state index in [9.17, 15) is 9.59 Å². The molecule has 0 fully saturated rings. The molecule has 0 radical (unpaired) electrons. The minimum absolute atomic E-state index is 0.294. The average molecular weight is 304 g/mol. The highest BCUT2D eigenvalue weighted by molar-refractivity contribution is 7.98. The van der Waals surface area contributed by atoms with Gasteiger partial charge in [0, 0.05) is 6.54 Å². The standard InChI is InChI=1S/C14H28N2O3S/c1-4-5-6-7-8-10-15-14(18)16-12(9-11-20-3)13(17)19-2/h12H,4-11H2,1-3H3,(H2,15,16,18). The maximum absolute atomic E-state index is 11.7. The second-order valence-corrected chi connectivity index (χ2v) is 5.66.